The normalized spacial score (nSPS) is 15.9. The van der Waals surface area contributed by atoms with Crippen molar-refractivity contribution in [3.05, 3.63) is 114 Å². The van der Waals surface area contributed by atoms with Crippen LogP contribution in [0.15, 0.2) is 91.1 Å². The minimum absolute atomic E-state index is 0.0286. The van der Waals surface area contributed by atoms with Crippen LogP contribution in [0.1, 0.15) is 42.6 Å². The predicted octanol–water partition coefficient (Wildman–Crippen LogP) is 6.31. The van der Waals surface area contributed by atoms with Crippen LogP contribution in [-0.2, 0) is 11.2 Å². The van der Waals surface area contributed by atoms with Crippen molar-refractivity contribution in [1.82, 2.24) is 9.47 Å². The first-order valence-corrected chi connectivity index (χ1v) is 13.0. The van der Waals surface area contributed by atoms with Crippen LogP contribution < -0.4 is 10.2 Å². The summed E-state index contributed by atoms with van der Waals surface area (Å²) >= 11 is 0. The molecule has 0 bridgehead atoms. The van der Waals surface area contributed by atoms with Crippen LogP contribution in [0, 0.1) is 5.82 Å². The number of benzene rings is 3. The summed E-state index contributed by atoms with van der Waals surface area (Å²) in [5.74, 6) is -0.521. The van der Waals surface area contributed by atoms with E-state index in [1.807, 2.05) is 73.8 Å². The van der Waals surface area contributed by atoms with E-state index in [-0.39, 0.29) is 30.3 Å². The summed E-state index contributed by atoms with van der Waals surface area (Å²) in [6, 6.07) is 25.0. The predicted molar refractivity (Wildman–Crippen MR) is 146 cm³/mol. The van der Waals surface area contributed by atoms with E-state index in [0.717, 1.165) is 53.1 Å². The molecule has 0 spiro atoms. The minimum Gasteiger partial charge on any atom is -0.316 e. The molecule has 38 heavy (non-hydrogen) atoms. The molecule has 1 aliphatic carbocycles. The first-order chi connectivity index (χ1) is 18.5. The average Bonchev–Trinajstić information content (AvgIpc) is 3.66. The molecule has 7 heteroatoms. The summed E-state index contributed by atoms with van der Waals surface area (Å²) in [5.41, 5.74) is 5.16. The monoisotopic (exact) mass is 508 g/mol. The Balaban J connectivity index is 1.35. The van der Waals surface area contributed by atoms with E-state index < -0.39 is 6.04 Å². The molecule has 3 aromatic carbocycles. The largest absolute Gasteiger partial charge is 0.322 e. The van der Waals surface area contributed by atoms with E-state index >= 15 is 0 Å². The Hall–Kier alpha value is -4.39. The van der Waals surface area contributed by atoms with Crippen molar-refractivity contribution in [3.63, 3.8) is 0 Å². The van der Waals surface area contributed by atoms with E-state index in [9.17, 15) is 14.0 Å². The molecule has 1 saturated carbocycles. The molecule has 6 nitrogen and oxygen atoms in total. The number of rotatable bonds is 6. The summed E-state index contributed by atoms with van der Waals surface area (Å²) in [6.45, 7) is 1.99. The highest BCUT2D eigenvalue weighted by Crippen LogP contribution is 2.42. The van der Waals surface area contributed by atoms with E-state index in [0.29, 0.717) is 0 Å². The first-order valence-electron chi connectivity index (χ1n) is 13.0. The Kier molecular flexibility index (Phi) is 6.19. The van der Waals surface area contributed by atoms with Crippen LogP contribution in [-0.4, -0.2) is 34.0 Å². The molecule has 4 aromatic rings. The van der Waals surface area contributed by atoms with Gasteiger partial charge in [-0.3, -0.25) is 9.69 Å². The van der Waals surface area contributed by atoms with E-state index in [1.54, 1.807) is 21.9 Å². The Morgan fingerprint density at radius 1 is 0.921 bits per heavy atom. The minimum atomic E-state index is -0.460. The number of halogens is 1. The molecular weight excluding hydrogens is 479 g/mol. The fraction of sp³-hybridized carbons (Fsp3) is 0.226. The number of nitrogens with zero attached hydrogens (tertiary/aromatic N) is 3. The SMILES string of the molecule is CCc1ccccc1NC(=O)N(CC(=O)N1c2ccccc2-n2cccc2C1c1ccc(F)cc1)C1CC1. The molecule has 0 radical (unpaired) electrons. The molecule has 2 heterocycles. The molecule has 6 rings (SSSR count). The highest BCUT2D eigenvalue weighted by molar-refractivity contribution is 6.01. The van der Waals surface area contributed by atoms with E-state index in [4.69, 9.17) is 0 Å². The number of anilines is 2. The Labute approximate surface area is 221 Å². The quantitative estimate of drug-likeness (QED) is 0.332. The number of nitrogens with one attached hydrogen (secondary N) is 1. The zero-order chi connectivity index (χ0) is 26.2. The zero-order valence-corrected chi connectivity index (χ0v) is 21.2. The molecule has 2 aliphatic rings. The molecule has 192 valence electrons. The van der Waals surface area contributed by atoms with Gasteiger partial charge in [-0.1, -0.05) is 49.4 Å². The summed E-state index contributed by atoms with van der Waals surface area (Å²) < 4.78 is 15.9. The molecule has 1 aliphatic heterocycles. The number of fused-ring (bicyclic) bond motifs is 3. The molecule has 1 unspecified atom stereocenters. The molecule has 1 atom stereocenters. The molecule has 3 amide bonds. The summed E-state index contributed by atoms with van der Waals surface area (Å²) in [5, 5.41) is 3.04. The van der Waals surface area contributed by atoms with Gasteiger partial charge in [0, 0.05) is 17.9 Å². The van der Waals surface area contributed by atoms with Crippen molar-refractivity contribution in [2.24, 2.45) is 0 Å². The van der Waals surface area contributed by atoms with Crippen LogP contribution in [0.5, 0.6) is 0 Å². The third kappa shape index (κ3) is 4.34. The van der Waals surface area contributed by atoms with Gasteiger partial charge in [-0.15, -0.1) is 0 Å². The highest BCUT2D eigenvalue weighted by Gasteiger charge is 2.40. The maximum atomic E-state index is 14.2. The van der Waals surface area contributed by atoms with Crippen molar-refractivity contribution in [3.8, 4) is 5.69 Å². The van der Waals surface area contributed by atoms with Gasteiger partial charge in [-0.25, -0.2) is 9.18 Å². The lowest BCUT2D eigenvalue weighted by atomic mass is 9.97. The third-order valence-electron chi connectivity index (χ3n) is 7.37. The van der Waals surface area contributed by atoms with Crippen molar-refractivity contribution >= 4 is 23.3 Å². The number of aromatic nitrogens is 1. The number of carbonyl (C=O) groups is 2. The molecular formula is C31H29FN4O2. The molecule has 1 fully saturated rings. The first kappa shape index (κ1) is 24.0. The second-order valence-corrected chi connectivity index (χ2v) is 9.81. The fourth-order valence-electron chi connectivity index (χ4n) is 5.33. The third-order valence-corrected chi connectivity index (χ3v) is 7.37. The number of urea groups is 1. The standard InChI is InChI=1S/C31H29FN4O2/c1-2-21-8-3-4-9-25(21)33-31(38)35(24-17-18-24)20-29(37)36-27-11-6-5-10-26(27)34-19-7-12-28(34)30(36)22-13-15-23(32)16-14-22/h3-16,19,24,30H,2,17-18,20H2,1H3,(H,33,38). The second kappa shape index (κ2) is 9.82. The van der Waals surface area contributed by atoms with E-state index in [2.05, 4.69) is 9.88 Å². The van der Waals surface area contributed by atoms with Gasteiger partial charge >= 0.3 is 6.03 Å². The van der Waals surface area contributed by atoms with Gasteiger partial charge in [0.2, 0.25) is 5.91 Å². The average molecular weight is 509 g/mol. The lowest BCUT2D eigenvalue weighted by Gasteiger charge is -2.39. The van der Waals surface area contributed by atoms with Crippen molar-refractivity contribution in [2.45, 2.75) is 38.3 Å². The Bertz CT molecular complexity index is 1490. The van der Waals surface area contributed by atoms with Gasteiger partial charge in [0.1, 0.15) is 18.4 Å². The Morgan fingerprint density at radius 2 is 1.63 bits per heavy atom. The summed E-state index contributed by atoms with van der Waals surface area (Å²) in [4.78, 5) is 31.1. The van der Waals surface area contributed by atoms with Crippen LogP contribution in [0.25, 0.3) is 5.69 Å². The van der Waals surface area contributed by atoms with Gasteiger partial charge in [0.25, 0.3) is 0 Å². The fourth-order valence-corrected chi connectivity index (χ4v) is 5.33. The lowest BCUT2D eigenvalue weighted by molar-refractivity contribution is -0.119. The van der Waals surface area contributed by atoms with Gasteiger partial charge < -0.3 is 14.8 Å². The smallest absolute Gasteiger partial charge is 0.316 e. The van der Waals surface area contributed by atoms with E-state index in [1.165, 1.54) is 12.1 Å². The van der Waals surface area contributed by atoms with Crippen molar-refractivity contribution < 1.29 is 14.0 Å². The number of carbonyl (C=O) groups excluding carboxylic acids is 2. The topological polar surface area (TPSA) is 57.6 Å². The van der Waals surface area contributed by atoms with Crippen LogP contribution in [0.2, 0.25) is 0 Å². The van der Waals surface area contributed by atoms with Crippen LogP contribution in [0.4, 0.5) is 20.6 Å². The molecule has 0 saturated heterocycles. The maximum Gasteiger partial charge on any atom is 0.322 e. The number of amides is 3. The van der Waals surface area contributed by atoms with Crippen LogP contribution in [0.3, 0.4) is 0 Å². The second-order valence-electron chi connectivity index (χ2n) is 9.81. The highest BCUT2D eigenvalue weighted by atomic mass is 19.1. The van der Waals surface area contributed by atoms with Gasteiger partial charge in [0.15, 0.2) is 0 Å². The number of aryl methyl sites for hydroxylation is 1. The zero-order valence-electron chi connectivity index (χ0n) is 21.2. The Morgan fingerprint density at radius 3 is 2.37 bits per heavy atom. The van der Waals surface area contributed by atoms with Gasteiger partial charge in [-0.2, -0.15) is 0 Å². The molecule has 1 N–H and O–H groups in total. The number of para-hydroxylation sites is 3. The lowest BCUT2D eigenvalue weighted by Crippen LogP contribution is -2.48. The number of hydrogen-bond acceptors (Lipinski definition) is 2. The molecule has 1 aromatic heterocycles. The summed E-state index contributed by atoms with van der Waals surface area (Å²) in [6.07, 6.45) is 4.51. The summed E-state index contributed by atoms with van der Waals surface area (Å²) in [7, 11) is 0. The number of hydrogen-bond donors (Lipinski definition) is 1. The van der Waals surface area contributed by atoms with Crippen LogP contribution >= 0.6 is 0 Å². The van der Waals surface area contributed by atoms with Crippen molar-refractivity contribution in [2.75, 3.05) is 16.8 Å². The van der Waals surface area contributed by atoms with Gasteiger partial charge in [-0.05, 0) is 72.9 Å². The maximum absolute atomic E-state index is 14.2. The van der Waals surface area contributed by atoms with Gasteiger partial charge in [0.05, 0.1) is 17.1 Å². The van der Waals surface area contributed by atoms with Crippen molar-refractivity contribution in [1.29, 1.82) is 0 Å².